The van der Waals surface area contributed by atoms with Crippen molar-refractivity contribution in [3.63, 3.8) is 0 Å². The van der Waals surface area contributed by atoms with E-state index >= 15 is 0 Å². The van der Waals surface area contributed by atoms with E-state index in [9.17, 15) is 9.59 Å². The summed E-state index contributed by atoms with van der Waals surface area (Å²) in [6.07, 6.45) is 0.750. The van der Waals surface area contributed by atoms with E-state index in [2.05, 4.69) is 15.8 Å². The number of hydrogen-bond donors (Lipinski definition) is 3. The number of carbonyl (C=O) groups is 2. The number of methoxy groups -OCH3 is 1. The van der Waals surface area contributed by atoms with Gasteiger partial charge in [0.25, 0.3) is 0 Å². The molecule has 0 saturated heterocycles. The van der Waals surface area contributed by atoms with Crippen LogP contribution in [0.5, 0.6) is 0 Å². The van der Waals surface area contributed by atoms with E-state index < -0.39 is 18.1 Å². The topological polar surface area (TPSA) is 114 Å². The van der Waals surface area contributed by atoms with Crippen LogP contribution in [0.15, 0.2) is 16.8 Å². The lowest BCUT2D eigenvalue weighted by atomic mass is 10.2. The van der Waals surface area contributed by atoms with Crippen LogP contribution in [0, 0.1) is 0 Å². The van der Waals surface area contributed by atoms with Crippen LogP contribution in [-0.4, -0.2) is 42.0 Å². The molecule has 1 atom stereocenters. The Balaban J connectivity index is 2.21. The summed E-state index contributed by atoms with van der Waals surface area (Å²) in [7, 11) is 1.39. The molecule has 1 heterocycles. The average molecular weight is 257 g/mol. The van der Waals surface area contributed by atoms with Gasteiger partial charge in [-0.15, -0.1) is 0 Å². The summed E-state index contributed by atoms with van der Waals surface area (Å²) in [5, 5.41) is 17.1. The molecule has 8 heteroatoms. The molecule has 1 aromatic heterocycles. The molecule has 1 unspecified atom stereocenters. The van der Waals surface area contributed by atoms with E-state index in [1.807, 2.05) is 0 Å². The molecule has 0 aliphatic heterocycles. The number of ether oxygens (including phenoxy) is 1. The molecule has 1 rings (SSSR count). The molecule has 0 fully saturated rings. The van der Waals surface area contributed by atoms with Crippen molar-refractivity contribution in [3.05, 3.63) is 18.0 Å². The van der Waals surface area contributed by atoms with E-state index in [1.165, 1.54) is 13.3 Å². The molecule has 0 aliphatic carbocycles. The normalized spacial score (nSPS) is 11.8. The molecular formula is C10H15N3O5. The van der Waals surface area contributed by atoms with Crippen molar-refractivity contribution in [2.75, 3.05) is 13.7 Å². The lowest BCUT2D eigenvalue weighted by Crippen LogP contribution is -2.40. The average Bonchev–Trinajstić information content (AvgIpc) is 2.84. The fourth-order valence-corrected chi connectivity index (χ4v) is 1.20. The first-order valence-corrected chi connectivity index (χ1v) is 5.27. The molecule has 0 bridgehead atoms. The number of rotatable bonds is 7. The van der Waals surface area contributed by atoms with Crippen molar-refractivity contribution in [1.82, 2.24) is 15.8 Å². The number of carboxylic acids is 1. The zero-order valence-electron chi connectivity index (χ0n) is 9.88. The Labute approximate surface area is 103 Å². The first-order valence-electron chi connectivity index (χ1n) is 5.27. The lowest BCUT2D eigenvalue weighted by molar-refractivity contribution is -0.139. The number of nitrogens with one attached hydrogen (secondary N) is 2. The van der Waals surface area contributed by atoms with Gasteiger partial charge in [-0.2, -0.15) is 0 Å². The predicted octanol–water partition coefficient (Wildman–Crippen LogP) is -0.0365. The number of aromatic nitrogens is 1. The number of nitrogens with zero attached hydrogens (tertiary/aromatic N) is 1. The summed E-state index contributed by atoms with van der Waals surface area (Å²) < 4.78 is 9.70. The number of carbonyl (C=O) groups excluding carboxylic acids is 1. The summed E-state index contributed by atoms with van der Waals surface area (Å²) in [4.78, 5) is 21.8. The number of urea groups is 1. The van der Waals surface area contributed by atoms with E-state index in [-0.39, 0.29) is 19.5 Å². The van der Waals surface area contributed by atoms with Gasteiger partial charge in [0.2, 0.25) is 0 Å². The van der Waals surface area contributed by atoms with Crippen molar-refractivity contribution in [3.8, 4) is 0 Å². The van der Waals surface area contributed by atoms with Crippen LogP contribution < -0.4 is 10.6 Å². The van der Waals surface area contributed by atoms with Crippen molar-refractivity contribution < 1.29 is 24.0 Å². The van der Waals surface area contributed by atoms with E-state index in [1.54, 1.807) is 6.07 Å². The van der Waals surface area contributed by atoms with Crippen molar-refractivity contribution >= 4 is 12.0 Å². The molecular weight excluding hydrogens is 242 g/mol. The van der Waals surface area contributed by atoms with Crippen LogP contribution >= 0.6 is 0 Å². The van der Waals surface area contributed by atoms with Gasteiger partial charge in [0.1, 0.15) is 0 Å². The summed E-state index contributed by atoms with van der Waals surface area (Å²) >= 11 is 0. The first kappa shape index (κ1) is 14.0. The molecule has 8 nitrogen and oxygen atoms in total. The smallest absolute Gasteiger partial charge is 0.315 e. The van der Waals surface area contributed by atoms with Gasteiger partial charge >= 0.3 is 12.0 Å². The zero-order valence-corrected chi connectivity index (χ0v) is 9.88. The Bertz CT molecular complexity index is 379. The highest BCUT2D eigenvalue weighted by molar-refractivity contribution is 5.74. The predicted molar refractivity (Wildman–Crippen MR) is 59.8 cm³/mol. The van der Waals surface area contributed by atoms with Crippen LogP contribution in [0.2, 0.25) is 0 Å². The third-order valence-corrected chi connectivity index (χ3v) is 2.14. The molecule has 0 saturated carbocycles. The summed E-state index contributed by atoms with van der Waals surface area (Å²) in [6.45, 7) is 0.327. The highest BCUT2D eigenvalue weighted by atomic mass is 16.5. The van der Waals surface area contributed by atoms with E-state index in [0.717, 1.165) is 0 Å². The Morgan fingerprint density at radius 3 is 2.89 bits per heavy atom. The van der Waals surface area contributed by atoms with E-state index in [0.29, 0.717) is 5.76 Å². The van der Waals surface area contributed by atoms with Crippen LogP contribution in [0.25, 0.3) is 0 Å². The Morgan fingerprint density at radius 1 is 1.56 bits per heavy atom. The molecule has 0 spiro atoms. The minimum atomic E-state index is -0.981. The maximum Gasteiger partial charge on any atom is 0.315 e. The van der Waals surface area contributed by atoms with Crippen molar-refractivity contribution in [2.45, 2.75) is 19.1 Å². The fraction of sp³-hybridized carbons (Fsp3) is 0.500. The monoisotopic (exact) mass is 257 g/mol. The highest BCUT2D eigenvalue weighted by Crippen LogP contribution is 1.96. The van der Waals surface area contributed by atoms with Crippen LogP contribution in [-0.2, 0) is 16.1 Å². The second-order valence-corrected chi connectivity index (χ2v) is 3.50. The number of aliphatic carboxylic acids is 1. The van der Waals surface area contributed by atoms with Gasteiger partial charge in [0, 0.05) is 19.7 Å². The van der Waals surface area contributed by atoms with Gasteiger partial charge in [-0.3, -0.25) is 4.79 Å². The first-order chi connectivity index (χ1) is 8.61. The van der Waals surface area contributed by atoms with Crippen LogP contribution in [0.3, 0.4) is 0 Å². The van der Waals surface area contributed by atoms with Gasteiger partial charge < -0.3 is 25.0 Å². The fourth-order valence-electron chi connectivity index (χ4n) is 1.20. The quantitative estimate of drug-likeness (QED) is 0.631. The molecule has 0 radical (unpaired) electrons. The lowest BCUT2D eigenvalue weighted by Gasteiger charge is -2.14. The Morgan fingerprint density at radius 2 is 2.33 bits per heavy atom. The van der Waals surface area contributed by atoms with E-state index in [4.69, 9.17) is 14.4 Å². The molecule has 3 N–H and O–H groups in total. The Hall–Kier alpha value is -2.09. The third-order valence-electron chi connectivity index (χ3n) is 2.14. The van der Waals surface area contributed by atoms with Gasteiger partial charge in [0.15, 0.2) is 5.76 Å². The standard InChI is InChI=1S/C10H15N3O5/c1-17-8(4-9(14)15)6-12-10(16)11-5-7-2-3-13-18-7/h2-3,8H,4-6H2,1H3,(H,14,15)(H2,11,12,16). The van der Waals surface area contributed by atoms with Crippen molar-refractivity contribution in [1.29, 1.82) is 0 Å². The van der Waals surface area contributed by atoms with Crippen LogP contribution in [0.4, 0.5) is 4.79 Å². The second-order valence-electron chi connectivity index (χ2n) is 3.50. The minimum Gasteiger partial charge on any atom is -0.481 e. The minimum absolute atomic E-state index is 0.116. The highest BCUT2D eigenvalue weighted by Gasteiger charge is 2.13. The van der Waals surface area contributed by atoms with Crippen molar-refractivity contribution in [2.24, 2.45) is 0 Å². The zero-order chi connectivity index (χ0) is 13.4. The molecule has 0 aliphatic rings. The largest absolute Gasteiger partial charge is 0.481 e. The second kappa shape index (κ2) is 7.28. The maximum atomic E-state index is 11.4. The molecule has 0 aromatic carbocycles. The Kier molecular flexibility index (Phi) is 5.65. The summed E-state index contributed by atoms with van der Waals surface area (Å²) in [5.74, 6) is -0.454. The number of carboxylic acid groups (broad SMARTS) is 1. The van der Waals surface area contributed by atoms with Crippen LogP contribution in [0.1, 0.15) is 12.2 Å². The molecule has 2 amide bonds. The molecule has 18 heavy (non-hydrogen) atoms. The molecule has 1 aromatic rings. The van der Waals surface area contributed by atoms with Gasteiger partial charge in [0.05, 0.1) is 25.3 Å². The SMILES string of the molecule is COC(CNC(=O)NCc1ccno1)CC(=O)O. The van der Waals surface area contributed by atoms with Gasteiger partial charge in [-0.1, -0.05) is 5.16 Å². The summed E-state index contributed by atoms with van der Waals surface area (Å²) in [5.41, 5.74) is 0. The van der Waals surface area contributed by atoms with Gasteiger partial charge in [-0.25, -0.2) is 4.79 Å². The van der Waals surface area contributed by atoms with Gasteiger partial charge in [-0.05, 0) is 0 Å². The number of hydrogen-bond acceptors (Lipinski definition) is 5. The third kappa shape index (κ3) is 5.30. The number of amides is 2. The molecule has 100 valence electrons. The summed E-state index contributed by atoms with van der Waals surface area (Å²) in [6, 6.07) is 1.20. The maximum absolute atomic E-state index is 11.4.